The largest absolute Gasteiger partial charge is 0.352 e. The number of hydrogen-bond donors (Lipinski definition) is 4. The maximum Gasteiger partial charge on any atom is 0.248 e. The number of hydrogen-bond acceptors (Lipinski definition) is 4. The van der Waals surface area contributed by atoms with Crippen LogP contribution < -0.4 is 11.1 Å². The minimum Gasteiger partial charge on any atom is -0.352 e. The van der Waals surface area contributed by atoms with Gasteiger partial charge in [0.2, 0.25) is 11.8 Å². The average Bonchev–Trinajstić information content (AvgIpc) is 2.26. The van der Waals surface area contributed by atoms with Gasteiger partial charge in [0, 0.05) is 23.9 Å². The lowest BCUT2D eigenvalue weighted by molar-refractivity contribution is -0.163. The van der Waals surface area contributed by atoms with Crippen LogP contribution in [0.2, 0.25) is 0 Å². The molecule has 0 bridgehead atoms. The molecule has 0 radical (unpaired) electrons. The van der Waals surface area contributed by atoms with Crippen LogP contribution in [0.25, 0.3) is 0 Å². The van der Waals surface area contributed by atoms with Gasteiger partial charge in [0.1, 0.15) is 0 Å². The first-order valence-corrected chi connectivity index (χ1v) is 6.21. The summed E-state index contributed by atoms with van der Waals surface area (Å²) in [7, 11) is 0. The van der Waals surface area contributed by atoms with E-state index in [1.54, 1.807) is 12.1 Å². The second-order valence-electron chi connectivity index (χ2n) is 3.64. The summed E-state index contributed by atoms with van der Waals surface area (Å²) in [6, 6.07) is 6.37. The van der Waals surface area contributed by atoms with Crippen LogP contribution in [-0.2, 0) is 17.3 Å². The summed E-state index contributed by atoms with van der Waals surface area (Å²) in [5, 5.41) is 21.6. The van der Waals surface area contributed by atoms with Crippen molar-refractivity contribution in [3.63, 3.8) is 0 Å². The van der Waals surface area contributed by atoms with E-state index in [2.05, 4.69) is 21.2 Å². The molecule has 94 valence electrons. The normalized spacial score (nSPS) is 11.3. The summed E-state index contributed by atoms with van der Waals surface area (Å²) in [6.07, 6.45) is 0.428. The summed E-state index contributed by atoms with van der Waals surface area (Å²) in [5.74, 6) is -2.36. The zero-order valence-corrected chi connectivity index (χ0v) is 10.8. The zero-order chi connectivity index (χ0) is 12.9. The molecule has 0 unspecified atom stereocenters. The molecule has 0 spiro atoms. The van der Waals surface area contributed by atoms with Crippen LogP contribution in [0.5, 0.6) is 0 Å². The maximum atomic E-state index is 11.2. The first-order chi connectivity index (χ1) is 7.93. The van der Waals surface area contributed by atoms with Crippen molar-refractivity contribution >= 4 is 21.8 Å². The molecular weight excluding hydrogens is 288 g/mol. The highest BCUT2D eigenvalue weighted by molar-refractivity contribution is 9.09. The monoisotopic (exact) mass is 302 g/mol. The molecule has 0 aliphatic rings. The Balaban J connectivity index is 2.54. The molecular formula is C11H15BrN2O3. The third-order valence-electron chi connectivity index (χ3n) is 2.19. The number of nitrogens with one attached hydrogen (secondary N) is 1. The lowest BCUT2D eigenvalue weighted by Gasteiger charge is -2.16. The molecule has 0 fully saturated rings. The van der Waals surface area contributed by atoms with Gasteiger partial charge in [-0.2, -0.15) is 0 Å². The Morgan fingerprint density at radius 3 is 2.41 bits per heavy atom. The van der Waals surface area contributed by atoms with Gasteiger partial charge in [0.05, 0.1) is 0 Å². The van der Waals surface area contributed by atoms with Crippen molar-refractivity contribution in [2.24, 2.45) is 5.73 Å². The molecule has 0 heterocycles. The minimum absolute atomic E-state index is 0.0385. The molecule has 1 rings (SSSR count). The van der Waals surface area contributed by atoms with E-state index in [-0.39, 0.29) is 11.5 Å². The molecule has 0 atom stereocenters. The van der Waals surface area contributed by atoms with Gasteiger partial charge in [0.25, 0.3) is 0 Å². The van der Waals surface area contributed by atoms with E-state index in [4.69, 9.17) is 15.9 Å². The van der Waals surface area contributed by atoms with Crippen LogP contribution in [-0.4, -0.2) is 21.5 Å². The summed E-state index contributed by atoms with van der Waals surface area (Å²) < 4.78 is 0. The third-order valence-corrected chi connectivity index (χ3v) is 2.59. The molecule has 0 saturated heterocycles. The maximum absolute atomic E-state index is 11.2. The van der Waals surface area contributed by atoms with Gasteiger partial charge in [-0.15, -0.1) is 0 Å². The van der Waals surface area contributed by atoms with E-state index in [1.807, 2.05) is 0 Å². The first-order valence-electron chi connectivity index (χ1n) is 5.09. The average molecular weight is 303 g/mol. The van der Waals surface area contributed by atoms with E-state index >= 15 is 0 Å². The smallest absolute Gasteiger partial charge is 0.248 e. The fraction of sp³-hybridized carbons (Fsp3) is 0.364. The number of benzene rings is 1. The number of rotatable bonds is 5. The SMILES string of the molecule is NC(O)(O)c1ccc(CNC(=O)CCBr)cc1. The van der Waals surface area contributed by atoms with Crippen molar-refractivity contribution in [3.8, 4) is 0 Å². The van der Waals surface area contributed by atoms with E-state index in [0.29, 0.717) is 18.3 Å². The Morgan fingerprint density at radius 2 is 1.94 bits per heavy atom. The Kier molecular flexibility index (Phi) is 5.07. The summed E-state index contributed by atoms with van der Waals surface area (Å²) >= 11 is 3.18. The number of amides is 1. The highest BCUT2D eigenvalue weighted by Crippen LogP contribution is 2.12. The first kappa shape index (κ1) is 14.1. The predicted molar refractivity (Wildman–Crippen MR) is 67.0 cm³/mol. The van der Waals surface area contributed by atoms with Crippen molar-refractivity contribution in [1.29, 1.82) is 0 Å². The van der Waals surface area contributed by atoms with E-state index < -0.39 is 5.91 Å². The van der Waals surface area contributed by atoms with Crippen molar-refractivity contribution in [1.82, 2.24) is 5.32 Å². The lowest BCUT2D eigenvalue weighted by Crippen LogP contribution is -2.35. The lowest BCUT2D eigenvalue weighted by atomic mass is 10.1. The van der Waals surface area contributed by atoms with Gasteiger partial charge in [-0.3, -0.25) is 10.5 Å². The number of aliphatic hydroxyl groups is 2. The van der Waals surface area contributed by atoms with E-state index in [1.165, 1.54) is 12.1 Å². The summed E-state index contributed by atoms with van der Waals surface area (Å²) in [5.41, 5.74) is 6.17. The van der Waals surface area contributed by atoms with Crippen molar-refractivity contribution in [2.45, 2.75) is 18.9 Å². The predicted octanol–water partition coefficient (Wildman–Crippen LogP) is 0.141. The zero-order valence-electron chi connectivity index (χ0n) is 9.19. The molecule has 5 nitrogen and oxygen atoms in total. The van der Waals surface area contributed by atoms with Gasteiger partial charge >= 0.3 is 0 Å². The Hall–Kier alpha value is -0.950. The molecule has 1 aromatic rings. The molecule has 5 N–H and O–H groups in total. The fourth-order valence-corrected chi connectivity index (χ4v) is 1.60. The second kappa shape index (κ2) is 6.11. The molecule has 0 saturated carbocycles. The number of nitrogens with two attached hydrogens (primary N) is 1. The minimum atomic E-state index is -2.32. The van der Waals surface area contributed by atoms with Crippen molar-refractivity contribution in [2.75, 3.05) is 5.33 Å². The Bertz CT molecular complexity index is 373. The van der Waals surface area contributed by atoms with E-state index in [9.17, 15) is 4.79 Å². The highest BCUT2D eigenvalue weighted by Gasteiger charge is 2.18. The van der Waals surface area contributed by atoms with E-state index in [0.717, 1.165) is 5.56 Å². The van der Waals surface area contributed by atoms with Crippen LogP contribution in [0.3, 0.4) is 0 Å². The van der Waals surface area contributed by atoms with Crippen molar-refractivity contribution < 1.29 is 15.0 Å². The molecule has 0 aromatic heterocycles. The standard InChI is InChI=1S/C11H15BrN2O3/c12-6-5-10(15)14-7-8-1-3-9(4-2-8)11(13,16)17/h1-4,16-17H,5-7,13H2,(H,14,15). The van der Waals surface area contributed by atoms with Gasteiger partial charge in [-0.05, 0) is 5.56 Å². The molecule has 1 amide bonds. The summed E-state index contributed by atoms with van der Waals surface area (Å²) in [4.78, 5) is 11.2. The Labute approximate surface area is 108 Å². The third kappa shape index (κ3) is 4.82. The molecule has 1 aromatic carbocycles. The fourth-order valence-electron chi connectivity index (χ4n) is 1.24. The van der Waals surface area contributed by atoms with Gasteiger partial charge < -0.3 is 15.5 Å². The second-order valence-corrected chi connectivity index (χ2v) is 4.43. The van der Waals surface area contributed by atoms with Crippen LogP contribution in [0.4, 0.5) is 0 Å². The number of carbonyl (C=O) groups is 1. The van der Waals surface area contributed by atoms with Gasteiger partial charge in [-0.1, -0.05) is 40.2 Å². The van der Waals surface area contributed by atoms with Gasteiger partial charge in [-0.25, -0.2) is 0 Å². The van der Waals surface area contributed by atoms with Gasteiger partial charge in [0.15, 0.2) is 0 Å². The van der Waals surface area contributed by atoms with Crippen LogP contribution in [0.15, 0.2) is 24.3 Å². The Morgan fingerprint density at radius 1 is 1.35 bits per heavy atom. The number of alkyl halides is 1. The van der Waals surface area contributed by atoms with Crippen LogP contribution >= 0.6 is 15.9 Å². The highest BCUT2D eigenvalue weighted by atomic mass is 79.9. The van der Waals surface area contributed by atoms with Crippen LogP contribution in [0, 0.1) is 0 Å². The summed E-state index contributed by atoms with van der Waals surface area (Å²) in [6.45, 7) is 0.403. The van der Waals surface area contributed by atoms with Crippen LogP contribution in [0.1, 0.15) is 17.5 Å². The quantitative estimate of drug-likeness (QED) is 0.460. The molecule has 0 aliphatic heterocycles. The molecule has 17 heavy (non-hydrogen) atoms. The van der Waals surface area contributed by atoms with Crippen molar-refractivity contribution in [3.05, 3.63) is 35.4 Å². The topological polar surface area (TPSA) is 95.6 Å². The molecule has 6 heteroatoms. The molecule has 0 aliphatic carbocycles. The number of halogens is 1. The number of carbonyl (C=O) groups excluding carboxylic acids is 1.